The zero-order valence-corrected chi connectivity index (χ0v) is 35.9. The lowest BCUT2D eigenvalue weighted by Gasteiger charge is -2.29. The number of primary amides is 1. The van der Waals surface area contributed by atoms with Gasteiger partial charge >= 0.3 is 6.03 Å². The van der Waals surface area contributed by atoms with Crippen LogP contribution in [-0.4, -0.2) is 96.8 Å². The number of methoxy groups -OCH3 is 2. The molecule has 0 spiro atoms. The number of rotatable bonds is 14. The number of amides is 3. The average molecular weight is 860 g/mol. The first-order valence-corrected chi connectivity index (χ1v) is 22.7. The van der Waals surface area contributed by atoms with Crippen molar-refractivity contribution in [3.63, 3.8) is 0 Å². The number of nitrogens with zero attached hydrogens (tertiary/aromatic N) is 3. The highest BCUT2D eigenvalue weighted by molar-refractivity contribution is 7.92. The predicted molar refractivity (Wildman–Crippen MR) is 234 cm³/mol. The van der Waals surface area contributed by atoms with Gasteiger partial charge < -0.3 is 30.6 Å². The third-order valence-corrected chi connectivity index (χ3v) is 12.0. The highest BCUT2D eigenvalue weighted by Gasteiger charge is 2.29. The van der Waals surface area contributed by atoms with Gasteiger partial charge in [-0.1, -0.05) is 45.0 Å². The van der Waals surface area contributed by atoms with Crippen LogP contribution in [0.2, 0.25) is 0 Å². The van der Waals surface area contributed by atoms with Gasteiger partial charge in [0, 0.05) is 61.0 Å². The smallest absolute Gasteiger partial charge is 0.324 e. The van der Waals surface area contributed by atoms with E-state index in [9.17, 15) is 26.4 Å². The summed E-state index contributed by atoms with van der Waals surface area (Å²) in [6, 6.07) is 21.8. The quantitative estimate of drug-likeness (QED) is 0.0993. The molecule has 60 heavy (non-hydrogen) atoms. The molecule has 6 rings (SSSR count). The van der Waals surface area contributed by atoms with Crippen LogP contribution in [0.1, 0.15) is 36.7 Å². The van der Waals surface area contributed by atoms with Crippen molar-refractivity contribution in [3.05, 3.63) is 96.2 Å². The molecule has 1 aliphatic rings. The molecule has 2 heterocycles. The molecule has 0 aliphatic carbocycles. The number of sulfone groups is 1. The van der Waals surface area contributed by atoms with Crippen LogP contribution in [-0.2, 0) is 25.3 Å². The number of hydrogen-bond acceptors (Lipinski definition) is 12. The van der Waals surface area contributed by atoms with Crippen LogP contribution in [0.4, 0.5) is 33.4 Å². The number of pyridine rings is 1. The van der Waals surface area contributed by atoms with Gasteiger partial charge in [-0.2, -0.15) is 0 Å². The lowest BCUT2D eigenvalue weighted by molar-refractivity contribution is 0.0945. The Bertz CT molecular complexity index is 2640. The fourth-order valence-corrected chi connectivity index (χ4v) is 8.61. The minimum Gasteiger partial charge on any atom is -0.496 e. The first-order chi connectivity index (χ1) is 28.4. The average Bonchev–Trinajstić information content (AvgIpc) is 3.18. The summed E-state index contributed by atoms with van der Waals surface area (Å²) in [4.78, 5) is 34.2. The van der Waals surface area contributed by atoms with Gasteiger partial charge in [-0.25, -0.2) is 26.6 Å². The minimum atomic E-state index is -3.73. The highest BCUT2D eigenvalue weighted by Crippen LogP contribution is 2.46. The van der Waals surface area contributed by atoms with Crippen LogP contribution in [0.25, 0.3) is 10.8 Å². The third kappa shape index (κ3) is 10.4. The monoisotopic (exact) mass is 859 g/mol. The lowest BCUT2D eigenvalue weighted by atomic mass is 9.86. The molecular formula is C42H49N7O9S2. The van der Waals surface area contributed by atoms with E-state index in [2.05, 4.69) is 20.3 Å². The number of urea groups is 1. The number of carbonyl (C=O) groups excluding carboxylic acids is 2. The van der Waals surface area contributed by atoms with Crippen LogP contribution < -0.4 is 40.2 Å². The molecule has 1 saturated heterocycles. The Balaban J connectivity index is 1.24. The van der Waals surface area contributed by atoms with E-state index >= 15 is 0 Å². The predicted octanol–water partition coefficient (Wildman–Crippen LogP) is 6.13. The summed E-state index contributed by atoms with van der Waals surface area (Å²) >= 11 is 0. The van der Waals surface area contributed by atoms with E-state index in [0.29, 0.717) is 77.0 Å². The number of sulfonamides is 1. The van der Waals surface area contributed by atoms with Crippen molar-refractivity contribution in [3.8, 4) is 23.0 Å². The third-order valence-electron chi connectivity index (χ3n) is 9.83. The molecule has 5 N–H and O–H groups in total. The number of aromatic nitrogens is 1. The van der Waals surface area contributed by atoms with Crippen LogP contribution in [0.3, 0.4) is 0 Å². The van der Waals surface area contributed by atoms with E-state index in [1.54, 1.807) is 60.8 Å². The summed E-state index contributed by atoms with van der Waals surface area (Å²) < 4.78 is 68.5. The molecule has 0 unspecified atom stereocenters. The maximum atomic E-state index is 13.4. The molecule has 16 nitrogen and oxygen atoms in total. The van der Waals surface area contributed by atoms with E-state index in [0.717, 1.165) is 11.8 Å². The van der Waals surface area contributed by atoms with Gasteiger partial charge in [-0.05, 0) is 53.4 Å². The lowest BCUT2D eigenvalue weighted by Crippen LogP contribution is -2.43. The normalized spacial score (nSPS) is 14.2. The van der Waals surface area contributed by atoms with Crippen molar-refractivity contribution >= 4 is 71.1 Å². The first-order valence-electron chi connectivity index (χ1n) is 19.0. The number of nitrogens with two attached hydrogens (primary N) is 1. The maximum Gasteiger partial charge on any atom is 0.324 e. The van der Waals surface area contributed by atoms with Gasteiger partial charge in [-0.3, -0.25) is 19.3 Å². The van der Waals surface area contributed by atoms with Crippen molar-refractivity contribution < 1.29 is 40.6 Å². The molecule has 0 radical (unpaired) electrons. The number of ether oxygens (including phenoxy) is 3. The number of benzene rings is 4. The van der Waals surface area contributed by atoms with Crippen molar-refractivity contribution in [2.75, 3.05) is 73.1 Å². The molecule has 4 aromatic carbocycles. The van der Waals surface area contributed by atoms with E-state index in [1.807, 2.05) is 49.9 Å². The van der Waals surface area contributed by atoms with Gasteiger partial charge in [0.1, 0.15) is 23.1 Å². The number of carbonyl (C=O) groups is 2. The molecule has 1 fully saturated rings. The summed E-state index contributed by atoms with van der Waals surface area (Å²) in [5.41, 5.74) is 8.11. The van der Waals surface area contributed by atoms with Crippen LogP contribution in [0.15, 0.2) is 85.1 Å². The van der Waals surface area contributed by atoms with Crippen molar-refractivity contribution in [1.82, 2.24) is 15.2 Å². The molecule has 0 atom stereocenters. The van der Waals surface area contributed by atoms with E-state index in [4.69, 9.17) is 19.9 Å². The highest BCUT2D eigenvalue weighted by atomic mass is 32.2. The van der Waals surface area contributed by atoms with Crippen LogP contribution in [0.5, 0.6) is 23.0 Å². The largest absolute Gasteiger partial charge is 0.496 e. The van der Waals surface area contributed by atoms with Gasteiger partial charge in [-0.15, -0.1) is 0 Å². The Morgan fingerprint density at radius 2 is 1.62 bits per heavy atom. The Morgan fingerprint density at radius 3 is 2.27 bits per heavy atom. The fourth-order valence-electron chi connectivity index (χ4n) is 6.78. The van der Waals surface area contributed by atoms with Crippen molar-refractivity contribution in [2.45, 2.75) is 26.2 Å². The molecule has 318 valence electrons. The second kappa shape index (κ2) is 17.6. The van der Waals surface area contributed by atoms with Gasteiger partial charge in [0.15, 0.2) is 15.6 Å². The zero-order valence-electron chi connectivity index (χ0n) is 34.2. The Morgan fingerprint density at radius 1 is 0.900 bits per heavy atom. The van der Waals surface area contributed by atoms with E-state index in [1.165, 1.54) is 19.1 Å². The second-order valence-corrected chi connectivity index (χ2v) is 19.3. The summed E-state index contributed by atoms with van der Waals surface area (Å²) in [7, 11) is -3.85. The maximum absolute atomic E-state index is 13.4. The molecule has 1 aliphatic heterocycles. The topological polar surface area (TPSA) is 212 Å². The molecule has 0 bridgehead atoms. The summed E-state index contributed by atoms with van der Waals surface area (Å²) in [5.74, 6) is 1.73. The molecule has 1 aromatic heterocycles. The standard InChI is InChI=1S/C42H49N7O9S2/c1-42(2,3)27-23-33(47-59(6,52)53)39(57-5)35(24-27)49(41(43)51)34-13-14-36(31-10-8-7-9-30(31)34)58-29-15-16-44-38(26-29)46-28-11-12-32(37(25-28)56-4)40(50)45-17-18-48-19-21-60(54,55)22-20-48/h7-16,23-26,47H,17-22H2,1-6H3,(H2,43,51)(H,44,46)(H,45,50). The van der Waals surface area contributed by atoms with Gasteiger partial charge in [0.05, 0.1) is 54.6 Å². The minimum absolute atomic E-state index is 0.106. The van der Waals surface area contributed by atoms with E-state index < -0.39 is 31.3 Å². The number of hydrogen-bond donors (Lipinski definition) is 4. The number of nitrogens with one attached hydrogen (secondary N) is 3. The Labute approximate surface area is 350 Å². The van der Waals surface area contributed by atoms with Crippen LogP contribution >= 0.6 is 0 Å². The van der Waals surface area contributed by atoms with Gasteiger partial charge in [0.2, 0.25) is 10.0 Å². The Hall–Kier alpha value is -6.11. The summed E-state index contributed by atoms with van der Waals surface area (Å²) in [6.07, 6.45) is 2.61. The fraction of sp³-hybridized carbons (Fsp3) is 0.310. The molecule has 0 saturated carbocycles. The SMILES string of the molecule is COc1cc(Nc2cc(Oc3ccc(N(C(N)=O)c4cc(C(C)(C)C)cc(NS(C)(=O)=O)c4OC)c4ccccc34)ccn2)ccc1C(=O)NCCN1CCS(=O)(=O)CC1. The van der Waals surface area contributed by atoms with E-state index in [-0.39, 0.29) is 34.5 Å². The summed E-state index contributed by atoms with van der Waals surface area (Å²) in [6.45, 7) is 7.67. The molecule has 3 amide bonds. The summed E-state index contributed by atoms with van der Waals surface area (Å²) in [5, 5.41) is 7.38. The zero-order chi connectivity index (χ0) is 43.4. The first kappa shape index (κ1) is 43.5. The molecule has 5 aromatic rings. The van der Waals surface area contributed by atoms with Crippen molar-refractivity contribution in [2.24, 2.45) is 5.73 Å². The number of fused-ring (bicyclic) bond motifs is 1. The number of anilines is 5. The van der Waals surface area contributed by atoms with Crippen molar-refractivity contribution in [1.29, 1.82) is 0 Å². The van der Waals surface area contributed by atoms with Gasteiger partial charge in [0.25, 0.3) is 5.91 Å². The molecular weight excluding hydrogens is 811 g/mol. The van der Waals surface area contributed by atoms with Crippen LogP contribution in [0, 0.1) is 0 Å². The second-order valence-electron chi connectivity index (χ2n) is 15.3. The Kier molecular flexibility index (Phi) is 12.8. The molecule has 18 heteroatoms.